The van der Waals surface area contributed by atoms with E-state index in [2.05, 4.69) is 29.0 Å². The Hall–Kier alpha value is -3.79. The molecular weight excluding hydrogens is 578 g/mol. The molecule has 0 bridgehead atoms. The van der Waals surface area contributed by atoms with Gasteiger partial charge in [-0.1, -0.05) is 13.8 Å². The minimum absolute atomic E-state index is 0.125. The predicted molar refractivity (Wildman–Crippen MR) is 173 cm³/mol. The van der Waals surface area contributed by atoms with Crippen molar-refractivity contribution in [3.63, 3.8) is 0 Å². The molecule has 0 unspecified atom stereocenters. The first-order chi connectivity index (χ1) is 21.1. The molecule has 0 spiro atoms. The van der Waals surface area contributed by atoms with Gasteiger partial charge in [-0.25, -0.2) is 18.6 Å². The fourth-order valence-electron chi connectivity index (χ4n) is 5.30. The highest BCUT2D eigenvalue weighted by Gasteiger charge is 2.37. The van der Waals surface area contributed by atoms with E-state index in [1.165, 1.54) is 0 Å². The number of aromatic nitrogens is 2. The third-order valence-corrected chi connectivity index (χ3v) is 7.61. The van der Waals surface area contributed by atoms with E-state index in [1.54, 1.807) is 6.20 Å². The number of halogens is 2. The summed E-state index contributed by atoms with van der Waals surface area (Å²) in [6.45, 7) is 18.1. The number of rotatable bonds is 11. The third-order valence-electron chi connectivity index (χ3n) is 7.61. The lowest BCUT2D eigenvalue weighted by atomic mass is 9.82. The normalized spacial score (nSPS) is 15.6. The molecule has 0 amide bonds. The minimum atomic E-state index is -0.967. The van der Waals surface area contributed by atoms with Crippen molar-refractivity contribution in [2.24, 2.45) is 5.41 Å². The van der Waals surface area contributed by atoms with Gasteiger partial charge in [-0.3, -0.25) is 4.98 Å². The molecule has 1 aliphatic heterocycles. The Morgan fingerprint density at radius 1 is 1.04 bits per heavy atom. The number of anilines is 2. The summed E-state index contributed by atoms with van der Waals surface area (Å²) >= 11 is 0. The molecule has 45 heavy (non-hydrogen) atoms. The van der Waals surface area contributed by atoms with Crippen LogP contribution in [0.4, 0.5) is 20.3 Å². The molecule has 1 aromatic carbocycles. The van der Waals surface area contributed by atoms with Crippen LogP contribution in [-0.4, -0.2) is 53.9 Å². The highest BCUT2D eigenvalue weighted by Crippen LogP contribution is 2.43. The van der Waals surface area contributed by atoms with Gasteiger partial charge in [-0.2, -0.15) is 0 Å². The van der Waals surface area contributed by atoms with E-state index in [9.17, 15) is 13.6 Å². The molecular formula is C35H46F2N4O4. The van der Waals surface area contributed by atoms with Crippen LogP contribution in [0.1, 0.15) is 78.7 Å². The number of piperidine rings is 1. The van der Waals surface area contributed by atoms with Crippen molar-refractivity contribution in [3.8, 4) is 16.9 Å². The molecule has 0 aliphatic carbocycles. The molecule has 8 nitrogen and oxygen atoms in total. The molecule has 1 aliphatic rings. The quantitative estimate of drug-likeness (QED) is 0.172. The van der Waals surface area contributed by atoms with E-state index in [0.29, 0.717) is 23.6 Å². The van der Waals surface area contributed by atoms with Gasteiger partial charge in [-0.05, 0) is 71.9 Å². The first-order valence-corrected chi connectivity index (χ1v) is 15.5. The summed E-state index contributed by atoms with van der Waals surface area (Å²) in [6.07, 6.45) is 4.34. The second kappa shape index (κ2) is 14.1. The Morgan fingerprint density at radius 3 is 2.29 bits per heavy atom. The summed E-state index contributed by atoms with van der Waals surface area (Å²) in [5, 5.41) is 3.18. The Balaban J connectivity index is 1.65. The van der Waals surface area contributed by atoms with Crippen LogP contribution in [0.3, 0.4) is 0 Å². The fourth-order valence-corrected chi connectivity index (χ4v) is 5.30. The van der Waals surface area contributed by atoms with E-state index >= 15 is 0 Å². The van der Waals surface area contributed by atoms with Gasteiger partial charge in [-0.15, -0.1) is 0 Å². The average molecular weight is 625 g/mol. The van der Waals surface area contributed by atoms with E-state index in [-0.39, 0.29) is 23.9 Å². The second-order valence-electron chi connectivity index (χ2n) is 13.6. The summed E-state index contributed by atoms with van der Waals surface area (Å²) in [4.78, 5) is 25.3. The number of aryl methyl sites for hydroxylation is 1. The van der Waals surface area contributed by atoms with Crippen molar-refractivity contribution in [2.45, 2.75) is 86.0 Å². The molecule has 1 fully saturated rings. The van der Waals surface area contributed by atoms with Crippen LogP contribution in [0, 0.1) is 24.0 Å². The monoisotopic (exact) mass is 624 g/mol. The fraction of sp³-hybridized carbons (Fsp3) is 0.514. The zero-order valence-electron chi connectivity index (χ0n) is 27.7. The standard InChI is InChI=1S/C35H46F2N4O4/c1-22(2)44-33(42)32(45-34(4,5)6)30-23(3)39-21-28(31(30)41-14-11-35(7,8)12-15-41)24-9-10-29(40-20-24)38-13-16-43-27-18-25(36)17-26(37)19-27/h9-10,17-22,32H,11-16H2,1-8H3,(H,38,40)/t32-/m0/s1. The Morgan fingerprint density at radius 2 is 1.71 bits per heavy atom. The van der Waals surface area contributed by atoms with E-state index in [0.717, 1.165) is 60.9 Å². The molecule has 0 radical (unpaired) electrons. The van der Waals surface area contributed by atoms with Gasteiger partial charge in [0.1, 0.15) is 29.8 Å². The summed E-state index contributed by atoms with van der Waals surface area (Å²) in [5.74, 6) is -1.08. The van der Waals surface area contributed by atoms with E-state index in [1.807, 2.05) is 59.9 Å². The molecule has 1 atom stereocenters. The van der Waals surface area contributed by atoms with Crippen molar-refractivity contribution in [1.29, 1.82) is 0 Å². The SMILES string of the molecule is Cc1ncc(-c2ccc(NCCOc3cc(F)cc(F)c3)nc2)c(N2CCC(C)(C)CC2)c1[C@H](OC(C)(C)C)C(=O)OC(C)C. The van der Waals surface area contributed by atoms with Crippen molar-refractivity contribution < 1.29 is 27.8 Å². The van der Waals surface area contributed by atoms with Crippen molar-refractivity contribution in [1.82, 2.24) is 9.97 Å². The highest BCUT2D eigenvalue weighted by atomic mass is 19.1. The van der Waals surface area contributed by atoms with E-state index < -0.39 is 29.3 Å². The van der Waals surface area contributed by atoms with Crippen LogP contribution in [0.2, 0.25) is 0 Å². The van der Waals surface area contributed by atoms with Gasteiger partial charge >= 0.3 is 5.97 Å². The Kier molecular flexibility index (Phi) is 10.7. The predicted octanol–water partition coefficient (Wildman–Crippen LogP) is 7.66. The third kappa shape index (κ3) is 9.36. The minimum Gasteiger partial charge on any atom is -0.492 e. The maximum atomic E-state index is 13.6. The van der Waals surface area contributed by atoms with Crippen molar-refractivity contribution in [2.75, 3.05) is 36.5 Å². The smallest absolute Gasteiger partial charge is 0.340 e. The molecule has 0 saturated carbocycles. The van der Waals surface area contributed by atoms with Crippen LogP contribution >= 0.6 is 0 Å². The van der Waals surface area contributed by atoms with Crippen LogP contribution in [0.5, 0.6) is 5.75 Å². The van der Waals surface area contributed by atoms with Crippen molar-refractivity contribution in [3.05, 3.63) is 65.6 Å². The molecule has 10 heteroatoms. The van der Waals surface area contributed by atoms with Gasteiger partial charge in [0.25, 0.3) is 0 Å². The number of carbonyl (C=O) groups excluding carboxylic acids is 1. The summed E-state index contributed by atoms with van der Waals surface area (Å²) in [5.41, 5.74) is 3.62. The zero-order valence-corrected chi connectivity index (χ0v) is 27.7. The molecule has 244 valence electrons. The Labute approximate surface area is 265 Å². The topological polar surface area (TPSA) is 85.8 Å². The van der Waals surface area contributed by atoms with Crippen LogP contribution < -0.4 is 15.0 Å². The first kappa shape index (κ1) is 34.1. The number of nitrogens with zero attached hydrogens (tertiary/aromatic N) is 3. The molecule has 2 aromatic heterocycles. The van der Waals surface area contributed by atoms with Crippen LogP contribution in [-0.2, 0) is 14.3 Å². The highest BCUT2D eigenvalue weighted by molar-refractivity contribution is 5.87. The average Bonchev–Trinajstić information content (AvgIpc) is 2.93. The lowest BCUT2D eigenvalue weighted by Gasteiger charge is -2.41. The largest absolute Gasteiger partial charge is 0.492 e. The number of hydrogen-bond donors (Lipinski definition) is 1. The number of ether oxygens (including phenoxy) is 3. The van der Waals surface area contributed by atoms with E-state index in [4.69, 9.17) is 19.2 Å². The molecule has 1 N–H and O–H groups in total. The van der Waals surface area contributed by atoms with Gasteiger partial charge < -0.3 is 24.4 Å². The molecule has 4 rings (SSSR count). The summed E-state index contributed by atoms with van der Waals surface area (Å²) in [6, 6.07) is 6.89. The summed E-state index contributed by atoms with van der Waals surface area (Å²) in [7, 11) is 0. The van der Waals surface area contributed by atoms with Gasteiger partial charge in [0.05, 0.1) is 23.9 Å². The summed E-state index contributed by atoms with van der Waals surface area (Å²) < 4.78 is 44.5. The molecule has 3 aromatic rings. The lowest BCUT2D eigenvalue weighted by molar-refractivity contribution is -0.171. The van der Waals surface area contributed by atoms with Crippen LogP contribution in [0.15, 0.2) is 42.7 Å². The number of hydrogen-bond acceptors (Lipinski definition) is 8. The molecule has 1 saturated heterocycles. The van der Waals surface area contributed by atoms with Gasteiger partial charge in [0.15, 0.2) is 6.10 Å². The Bertz CT molecular complexity index is 1440. The number of benzene rings is 1. The zero-order chi connectivity index (χ0) is 32.9. The molecule has 3 heterocycles. The van der Waals surface area contributed by atoms with Gasteiger partial charge in [0.2, 0.25) is 0 Å². The van der Waals surface area contributed by atoms with Gasteiger partial charge in [0, 0.05) is 66.1 Å². The van der Waals surface area contributed by atoms with Crippen LogP contribution in [0.25, 0.3) is 11.1 Å². The number of pyridine rings is 2. The number of esters is 1. The van der Waals surface area contributed by atoms with Crippen molar-refractivity contribution >= 4 is 17.5 Å². The first-order valence-electron chi connectivity index (χ1n) is 15.5. The number of nitrogens with one attached hydrogen (secondary N) is 1. The number of carbonyl (C=O) groups is 1. The maximum absolute atomic E-state index is 13.6. The second-order valence-corrected chi connectivity index (χ2v) is 13.6. The lowest BCUT2D eigenvalue weighted by Crippen LogP contribution is -2.39. The maximum Gasteiger partial charge on any atom is 0.340 e.